The van der Waals surface area contributed by atoms with Gasteiger partial charge < -0.3 is 5.73 Å². The second-order valence-electron chi connectivity index (χ2n) is 4.32. The molecule has 0 radical (unpaired) electrons. The molecular weight excluding hydrogens is 331 g/mol. The highest BCUT2D eigenvalue weighted by Gasteiger charge is 2.32. The van der Waals surface area contributed by atoms with Gasteiger partial charge in [0.25, 0.3) is 0 Å². The predicted octanol–water partition coefficient (Wildman–Crippen LogP) is 2.53. The van der Waals surface area contributed by atoms with Crippen LogP contribution < -0.4 is 5.73 Å². The van der Waals surface area contributed by atoms with Crippen molar-refractivity contribution in [1.82, 2.24) is 4.31 Å². The van der Waals surface area contributed by atoms with E-state index in [1.54, 1.807) is 6.07 Å². The van der Waals surface area contributed by atoms with E-state index < -0.39 is 10.0 Å². The number of nitrogens with two attached hydrogens (primary N) is 1. The molecule has 0 unspecified atom stereocenters. The Hall–Kier alpha value is -0.0400. The fraction of sp³-hybridized carbons (Fsp3) is 0.455. The Morgan fingerprint density at radius 2 is 1.84 bits per heavy atom. The van der Waals surface area contributed by atoms with Crippen LogP contribution >= 0.6 is 35.6 Å². The van der Waals surface area contributed by atoms with Crippen molar-refractivity contribution >= 4 is 45.6 Å². The fourth-order valence-electron chi connectivity index (χ4n) is 2.05. The fourth-order valence-corrected chi connectivity index (χ4v) is 4.68. The second-order valence-corrected chi connectivity index (χ2v) is 7.01. The number of nitrogens with zero attached hydrogens (tertiary/aromatic N) is 1. The molecule has 2 N–H and O–H groups in total. The maximum absolute atomic E-state index is 12.5. The average molecular weight is 346 g/mol. The number of rotatable bonds is 2. The minimum atomic E-state index is -3.67. The maximum atomic E-state index is 12.5. The zero-order valence-electron chi connectivity index (χ0n) is 10.1. The molecule has 1 saturated heterocycles. The summed E-state index contributed by atoms with van der Waals surface area (Å²) in [6.07, 6.45) is 1.59. The first-order valence-electron chi connectivity index (χ1n) is 5.62. The molecule has 0 amide bonds. The minimum Gasteiger partial charge on any atom is -0.327 e. The lowest BCUT2D eigenvalue weighted by atomic mass is 10.1. The normalized spacial score (nSPS) is 20.9. The van der Waals surface area contributed by atoms with Gasteiger partial charge in [0, 0.05) is 19.1 Å². The third-order valence-corrected chi connectivity index (χ3v) is 5.76. The molecule has 0 aliphatic carbocycles. The Balaban J connectivity index is 0.00000180. The van der Waals surface area contributed by atoms with Crippen molar-refractivity contribution in [3.05, 3.63) is 28.2 Å². The number of piperidine rings is 1. The number of benzene rings is 1. The minimum absolute atomic E-state index is 0. The molecule has 1 heterocycles. The van der Waals surface area contributed by atoms with Crippen LogP contribution in [0, 0.1) is 0 Å². The van der Waals surface area contributed by atoms with E-state index in [4.69, 9.17) is 28.9 Å². The summed E-state index contributed by atoms with van der Waals surface area (Å²) in [4.78, 5) is -0.0255. The monoisotopic (exact) mass is 344 g/mol. The quantitative estimate of drug-likeness (QED) is 0.896. The average Bonchev–Trinajstić information content (AvgIpc) is 2.28. The summed E-state index contributed by atoms with van der Waals surface area (Å²) in [5.41, 5.74) is 5.80. The molecule has 1 aromatic carbocycles. The molecule has 1 atom stereocenters. The van der Waals surface area contributed by atoms with Crippen LogP contribution in [0.15, 0.2) is 23.1 Å². The molecule has 1 aliphatic heterocycles. The topological polar surface area (TPSA) is 63.4 Å². The smallest absolute Gasteiger partial charge is 0.246 e. The first-order valence-corrected chi connectivity index (χ1v) is 7.82. The van der Waals surface area contributed by atoms with Crippen LogP contribution in [0.25, 0.3) is 0 Å². The lowest BCUT2D eigenvalue weighted by Crippen LogP contribution is -2.45. The Morgan fingerprint density at radius 1 is 1.26 bits per heavy atom. The van der Waals surface area contributed by atoms with Crippen LogP contribution in [-0.4, -0.2) is 31.9 Å². The summed E-state index contributed by atoms with van der Waals surface area (Å²) in [5.74, 6) is 0. The largest absolute Gasteiger partial charge is 0.327 e. The van der Waals surface area contributed by atoms with Crippen molar-refractivity contribution in [3.63, 3.8) is 0 Å². The van der Waals surface area contributed by atoms with Gasteiger partial charge in [0.15, 0.2) is 0 Å². The van der Waals surface area contributed by atoms with Crippen molar-refractivity contribution in [2.24, 2.45) is 5.73 Å². The van der Waals surface area contributed by atoms with Crippen molar-refractivity contribution in [1.29, 1.82) is 0 Å². The third-order valence-electron chi connectivity index (χ3n) is 2.94. The molecule has 2 rings (SSSR count). The van der Waals surface area contributed by atoms with E-state index in [2.05, 4.69) is 0 Å². The summed E-state index contributed by atoms with van der Waals surface area (Å²) in [6, 6.07) is 4.52. The Labute approximate surface area is 129 Å². The zero-order valence-corrected chi connectivity index (χ0v) is 13.2. The molecule has 108 valence electrons. The van der Waals surface area contributed by atoms with Crippen LogP contribution in [0.1, 0.15) is 12.8 Å². The third kappa shape index (κ3) is 3.54. The van der Waals surface area contributed by atoms with Crippen LogP contribution in [0.3, 0.4) is 0 Å². The molecule has 0 bridgehead atoms. The second kappa shape index (κ2) is 6.61. The molecule has 19 heavy (non-hydrogen) atoms. The van der Waals surface area contributed by atoms with Gasteiger partial charge in [0.1, 0.15) is 4.90 Å². The van der Waals surface area contributed by atoms with E-state index in [1.165, 1.54) is 16.4 Å². The Bertz CT molecular complexity index is 531. The number of sulfonamides is 1. The molecule has 1 aliphatic rings. The van der Waals surface area contributed by atoms with Crippen molar-refractivity contribution < 1.29 is 8.42 Å². The van der Waals surface area contributed by atoms with Gasteiger partial charge in [-0.15, -0.1) is 12.4 Å². The summed E-state index contributed by atoms with van der Waals surface area (Å²) in [7, 11) is -3.67. The molecule has 4 nitrogen and oxygen atoms in total. The molecular formula is C11H15Cl3N2O2S. The molecule has 0 saturated carbocycles. The van der Waals surface area contributed by atoms with Gasteiger partial charge in [0.2, 0.25) is 10.0 Å². The van der Waals surface area contributed by atoms with Gasteiger partial charge in [-0.3, -0.25) is 0 Å². The van der Waals surface area contributed by atoms with Crippen LogP contribution in [0.4, 0.5) is 0 Å². The number of halogens is 3. The zero-order chi connectivity index (χ0) is 13.3. The highest BCUT2D eigenvalue weighted by atomic mass is 35.5. The van der Waals surface area contributed by atoms with Crippen LogP contribution in [0.5, 0.6) is 0 Å². The predicted molar refractivity (Wildman–Crippen MR) is 79.7 cm³/mol. The molecule has 0 aromatic heterocycles. The molecule has 1 aromatic rings. The standard InChI is InChI=1S/C11H14Cl2N2O2S.ClH/c12-9-4-1-5-10(13)11(9)18(16,17)15-6-2-3-8(14)7-15;/h1,4-5,8H,2-3,6-7,14H2;1H/t8-;/m1./s1. The first-order chi connectivity index (χ1) is 8.43. The maximum Gasteiger partial charge on any atom is 0.246 e. The molecule has 8 heteroatoms. The van der Waals surface area contributed by atoms with E-state index in [0.29, 0.717) is 13.1 Å². The lowest BCUT2D eigenvalue weighted by molar-refractivity contribution is 0.316. The highest BCUT2D eigenvalue weighted by molar-refractivity contribution is 7.89. The van der Waals surface area contributed by atoms with E-state index in [1.807, 2.05) is 0 Å². The molecule has 1 fully saturated rings. The van der Waals surface area contributed by atoms with Crippen molar-refractivity contribution in [2.45, 2.75) is 23.8 Å². The van der Waals surface area contributed by atoms with Crippen molar-refractivity contribution in [2.75, 3.05) is 13.1 Å². The summed E-state index contributed by atoms with van der Waals surface area (Å²) in [5, 5.41) is 0.281. The van der Waals surface area contributed by atoms with Gasteiger partial charge >= 0.3 is 0 Å². The first kappa shape index (κ1) is 17.0. The van der Waals surface area contributed by atoms with Crippen molar-refractivity contribution in [3.8, 4) is 0 Å². The van der Waals surface area contributed by atoms with E-state index >= 15 is 0 Å². The van der Waals surface area contributed by atoms with Gasteiger partial charge in [0.05, 0.1) is 10.0 Å². The summed E-state index contributed by atoms with van der Waals surface area (Å²) >= 11 is 11.9. The van der Waals surface area contributed by atoms with E-state index in [-0.39, 0.29) is 33.4 Å². The van der Waals surface area contributed by atoms with Gasteiger partial charge in [-0.2, -0.15) is 4.31 Å². The Kier molecular flexibility index (Phi) is 5.92. The molecule has 0 spiro atoms. The van der Waals surface area contributed by atoms with Gasteiger partial charge in [-0.1, -0.05) is 29.3 Å². The Morgan fingerprint density at radius 3 is 2.37 bits per heavy atom. The lowest BCUT2D eigenvalue weighted by Gasteiger charge is -2.30. The summed E-state index contributed by atoms with van der Waals surface area (Å²) in [6.45, 7) is 0.765. The highest BCUT2D eigenvalue weighted by Crippen LogP contribution is 2.32. The SMILES string of the molecule is Cl.N[C@@H]1CCCN(S(=O)(=O)c2c(Cl)cccc2Cl)C1. The number of hydrogen-bond donors (Lipinski definition) is 1. The van der Waals surface area contributed by atoms with Gasteiger partial charge in [-0.05, 0) is 25.0 Å². The summed E-state index contributed by atoms with van der Waals surface area (Å²) < 4.78 is 26.3. The van der Waals surface area contributed by atoms with Crippen LogP contribution in [0.2, 0.25) is 10.0 Å². The number of hydrogen-bond acceptors (Lipinski definition) is 3. The van der Waals surface area contributed by atoms with Crippen LogP contribution in [-0.2, 0) is 10.0 Å². The van der Waals surface area contributed by atoms with E-state index in [9.17, 15) is 8.42 Å². The van der Waals surface area contributed by atoms with E-state index in [0.717, 1.165) is 12.8 Å². The van der Waals surface area contributed by atoms with Gasteiger partial charge in [-0.25, -0.2) is 8.42 Å².